The van der Waals surface area contributed by atoms with Gasteiger partial charge in [0.2, 0.25) is 0 Å². The number of hydrogen-bond acceptors (Lipinski definition) is 3. The van der Waals surface area contributed by atoms with E-state index in [1.807, 2.05) is 28.0 Å². The average Bonchev–Trinajstić information content (AvgIpc) is 3.08. The van der Waals surface area contributed by atoms with Crippen LogP contribution in [0.3, 0.4) is 0 Å². The molecule has 5 heteroatoms. The van der Waals surface area contributed by atoms with E-state index in [0.29, 0.717) is 6.04 Å². The van der Waals surface area contributed by atoms with Crippen LogP contribution in [0.5, 0.6) is 0 Å². The van der Waals surface area contributed by atoms with Gasteiger partial charge in [-0.1, -0.05) is 12.8 Å². The van der Waals surface area contributed by atoms with Crippen LogP contribution in [0.25, 0.3) is 11.3 Å². The fourth-order valence-electron chi connectivity index (χ4n) is 2.64. The monoisotopic (exact) mass is 245 g/mol. The van der Waals surface area contributed by atoms with Gasteiger partial charge in [0.1, 0.15) is 5.69 Å². The first kappa shape index (κ1) is 11.3. The molecule has 2 heterocycles. The van der Waals surface area contributed by atoms with Crippen LogP contribution >= 0.6 is 0 Å². The molecule has 3 rings (SSSR count). The molecule has 0 bridgehead atoms. The van der Waals surface area contributed by atoms with Gasteiger partial charge in [0.25, 0.3) is 0 Å². The molecule has 0 spiro atoms. The molecule has 2 aromatic heterocycles. The second-order valence-corrected chi connectivity index (χ2v) is 4.94. The molecule has 0 radical (unpaired) electrons. The lowest BCUT2D eigenvalue weighted by atomic mass is 10.2. The maximum Gasteiger partial charge on any atom is 0.118 e. The smallest absolute Gasteiger partial charge is 0.118 e. The van der Waals surface area contributed by atoms with Gasteiger partial charge in [0.05, 0.1) is 17.9 Å². The largest absolute Gasteiger partial charge is 0.396 e. The van der Waals surface area contributed by atoms with E-state index in [2.05, 4.69) is 17.1 Å². The van der Waals surface area contributed by atoms with Gasteiger partial charge in [-0.15, -0.1) is 0 Å². The predicted octanol–water partition coefficient (Wildman–Crippen LogP) is 2.46. The Morgan fingerprint density at radius 2 is 2.11 bits per heavy atom. The van der Waals surface area contributed by atoms with Crippen molar-refractivity contribution < 1.29 is 0 Å². The number of aromatic nitrogens is 4. The number of rotatable bonds is 3. The van der Waals surface area contributed by atoms with Gasteiger partial charge in [0.15, 0.2) is 0 Å². The Labute approximate surface area is 107 Å². The van der Waals surface area contributed by atoms with Crippen molar-refractivity contribution in [1.82, 2.24) is 19.6 Å². The van der Waals surface area contributed by atoms with E-state index in [-0.39, 0.29) is 0 Å². The second-order valence-electron chi connectivity index (χ2n) is 4.94. The molecular formula is C13H19N5. The minimum Gasteiger partial charge on any atom is -0.396 e. The van der Waals surface area contributed by atoms with Crippen molar-refractivity contribution in [3.63, 3.8) is 0 Å². The summed E-state index contributed by atoms with van der Waals surface area (Å²) in [5.74, 6) is 0. The van der Waals surface area contributed by atoms with E-state index >= 15 is 0 Å². The summed E-state index contributed by atoms with van der Waals surface area (Å²) >= 11 is 0. The summed E-state index contributed by atoms with van der Waals surface area (Å²) in [6.45, 7) is 2.93. The molecule has 1 saturated carbocycles. The van der Waals surface area contributed by atoms with Crippen molar-refractivity contribution in [1.29, 1.82) is 0 Å². The summed E-state index contributed by atoms with van der Waals surface area (Å²) < 4.78 is 3.93. The van der Waals surface area contributed by atoms with E-state index < -0.39 is 0 Å². The van der Waals surface area contributed by atoms with Crippen LogP contribution in [-0.4, -0.2) is 19.6 Å². The Kier molecular flexibility index (Phi) is 2.81. The van der Waals surface area contributed by atoms with Crippen molar-refractivity contribution in [2.45, 2.75) is 45.2 Å². The van der Waals surface area contributed by atoms with Gasteiger partial charge in [-0.05, 0) is 19.8 Å². The number of hydrogen-bond donors (Lipinski definition) is 1. The van der Waals surface area contributed by atoms with Gasteiger partial charge in [0, 0.05) is 24.5 Å². The van der Waals surface area contributed by atoms with Crippen molar-refractivity contribution in [2.75, 3.05) is 5.73 Å². The molecule has 2 aromatic rings. The van der Waals surface area contributed by atoms with Crippen LogP contribution in [0.4, 0.5) is 5.69 Å². The van der Waals surface area contributed by atoms with Crippen LogP contribution in [-0.2, 0) is 6.54 Å². The van der Waals surface area contributed by atoms with Gasteiger partial charge >= 0.3 is 0 Å². The number of anilines is 1. The molecule has 1 aliphatic carbocycles. The third-order valence-corrected chi connectivity index (χ3v) is 3.69. The predicted molar refractivity (Wildman–Crippen MR) is 71.0 cm³/mol. The molecule has 0 aromatic carbocycles. The molecule has 1 aliphatic rings. The van der Waals surface area contributed by atoms with E-state index in [1.54, 1.807) is 0 Å². The van der Waals surface area contributed by atoms with E-state index in [1.165, 1.54) is 25.7 Å². The maximum absolute atomic E-state index is 6.07. The van der Waals surface area contributed by atoms with Crippen LogP contribution < -0.4 is 5.73 Å². The highest BCUT2D eigenvalue weighted by atomic mass is 15.3. The fraction of sp³-hybridized carbons (Fsp3) is 0.538. The molecule has 18 heavy (non-hydrogen) atoms. The SMILES string of the molecule is CCn1cc(-c2nn(C3CCCC3)cc2N)cn1. The Bertz CT molecular complexity index is 533. The maximum atomic E-state index is 6.07. The number of nitrogens with two attached hydrogens (primary N) is 1. The molecule has 0 amide bonds. The highest BCUT2D eigenvalue weighted by Crippen LogP contribution is 2.32. The Morgan fingerprint density at radius 1 is 1.33 bits per heavy atom. The van der Waals surface area contributed by atoms with E-state index in [4.69, 9.17) is 5.73 Å². The van der Waals surface area contributed by atoms with Crippen LogP contribution in [0.2, 0.25) is 0 Å². The molecule has 96 valence electrons. The van der Waals surface area contributed by atoms with E-state index in [9.17, 15) is 0 Å². The zero-order chi connectivity index (χ0) is 12.5. The average molecular weight is 245 g/mol. The summed E-state index contributed by atoms with van der Waals surface area (Å²) in [6.07, 6.45) is 10.8. The van der Waals surface area contributed by atoms with Crippen LogP contribution in [0.1, 0.15) is 38.6 Å². The van der Waals surface area contributed by atoms with Crippen molar-refractivity contribution in [3.8, 4) is 11.3 Å². The Morgan fingerprint density at radius 3 is 2.78 bits per heavy atom. The van der Waals surface area contributed by atoms with Gasteiger partial charge in [-0.2, -0.15) is 10.2 Å². The fourth-order valence-corrected chi connectivity index (χ4v) is 2.64. The lowest BCUT2D eigenvalue weighted by molar-refractivity contribution is 0.468. The quantitative estimate of drug-likeness (QED) is 0.903. The van der Waals surface area contributed by atoms with Crippen LogP contribution in [0.15, 0.2) is 18.6 Å². The second kappa shape index (κ2) is 4.48. The Hall–Kier alpha value is -1.78. The lowest BCUT2D eigenvalue weighted by Gasteiger charge is -2.08. The number of nitrogen functional groups attached to an aromatic ring is 1. The van der Waals surface area contributed by atoms with Crippen LogP contribution in [0, 0.1) is 0 Å². The standard InChI is InChI=1S/C13H19N5/c1-2-17-8-10(7-15-17)13-12(14)9-18(16-13)11-5-3-4-6-11/h7-9,11H,2-6,14H2,1H3. The number of nitrogens with zero attached hydrogens (tertiary/aromatic N) is 4. The van der Waals surface area contributed by atoms with Gasteiger partial charge < -0.3 is 5.73 Å². The zero-order valence-electron chi connectivity index (χ0n) is 10.7. The molecule has 0 aliphatic heterocycles. The first-order chi connectivity index (χ1) is 8.78. The molecule has 1 fully saturated rings. The van der Waals surface area contributed by atoms with Gasteiger partial charge in [-0.3, -0.25) is 9.36 Å². The summed E-state index contributed by atoms with van der Waals surface area (Å²) in [5, 5.41) is 8.92. The molecular weight excluding hydrogens is 226 g/mol. The lowest BCUT2D eigenvalue weighted by Crippen LogP contribution is -2.04. The third-order valence-electron chi connectivity index (χ3n) is 3.69. The zero-order valence-corrected chi connectivity index (χ0v) is 10.7. The summed E-state index contributed by atoms with van der Waals surface area (Å²) in [6, 6.07) is 0.530. The molecule has 5 nitrogen and oxygen atoms in total. The van der Waals surface area contributed by atoms with Crippen molar-refractivity contribution in [2.24, 2.45) is 0 Å². The summed E-state index contributed by atoms with van der Waals surface area (Å²) in [4.78, 5) is 0. The normalized spacial score (nSPS) is 16.5. The molecule has 0 unspecified atom stereocenters. The highest BCUT2D eigenvalue weighted by molar-refractivity contribution is 5.70. The number of aryl methyl sites for hydroxylation is 1. The highest BCUT2D eigenvalue weighted by Gasteiger charge is 2.20. The Balaban J connectivity index is 1.92. The topological polar surface area (TPSA) is 61.7 Å². The first-order valence-electron chi connectivity index (χ1n) is 6.65. The summed E-state index contributed by atoms with van der Waals surface area (Å²) in [5.41, 5.74) is 8.69. The van der Waals surface area contributed by atoms with Gasteiger partial charge in [-0.25, -0.2) is 0 Å². The molecule has 0 saturated heterocycles. The van der Waals surface area contributed by atoms with Crippen molar-refractivity contribution >= 4 is 5.69 Å². The minimum absolute atomic E-state index is 0.530. The first-order valence-corrected chi connectivity index (χ1v) is 6.65. The summed E-state index contributed by atoms with van der Waals surface area (Å²) in [7, 11) is 0. The molecule has 2 N–H and O–H groups in total. The third kappa shape index (κ3) is 1.89. The molecule has 0 atom stereocenters. The minimum atomic E-state index is 0.530. The van der Waals surface area contributed by atoms with Crippen molar-refractivity contribution in [3.05, 3.63) is 18.6 Å². The van der Waals surface area contributed by atoms with E-state index in [0.717, 1.165) is 23.5 Å².